The zero-order chi connectivity index (χ0) is 5.86. The van der Waals surface area contributed by atoms with Gasteiger partial charge in [0.2, 0.25) is 0 Å². The van der Waals surface area contributed by atoms with Gasteiger partial charge in [0.15, 0.2) is 0 Å². The number of carbonyl (C=O) groups excluding carboxylic acids is 1. The summed E-state index contributed by atoms with van der Waals surface area (Å²) in [4.78, 5) is 9.54. The van der Waals surface area contributed by atoms with Crippen LogP contribution >= 0.6 is 15.9 Å². The Labute approximate surface area is 49.1 Å². The average molecular weight is 168 g/mol. The van der Waals surface area contributed by atoms with Crippen molar-refractivity contribution < 1.29 is 15.0 Å². The number of halogens is 1. The van der Waals surface area contributed by atoms with Crippen LogP contribution in [0.2, 0.25) is 0 Å². The third-order valence-corrected chi connectivity index (χ3v) is 1.03. The number of aliphatic hydroxyl groups is 1. The molecule has 4 heteroatoms. The van der Waals surface area contributed by atoms with Gasteiger partial charge in [-0.2, -0.15) is 0 Å². The van der Waals surface area contributed by atoms with Crippen molar-refractivity contribution in [3.05, 3.63) is 0 Å². The lowest BCUT2D eigenvalue weighted by Crippen LogP contribution is -2.36. The zero-order valence-corrected chi connectivity index (χ0v) is 5.01. The van der Waals surface area contributed by atoms with Crippen LogP contribution in [-0.2, 0) is 4.79 Å². The molecule has 0 amide bonds. The van der Waals surface area contributed by atoms with Crippen molar-refractivity contribution in [3.8, 4) is 0 Å². The molecule has 1 atom stereocenters. The quantitative estimate of drug-likeness (QED) is 0.510. The minimum absolute atomic E-state index is 0.0231. The van der Waals surface area contributed by atoms with Crippen molar-refractivity contribution in [2.45, 2.75) is 6.10 Å². The van der Waals surface area contributed by atoms with Crippen molar-refractivity contribution in [1.29, 1.82) is 0 Å². The molecule has 0 spiro atoms. The molecule has 0 saturated carbocycles. The number of alkyl halides is 1. The average Bonchev–Trinajstić information content (AvgIpc) is 1.65. The Hall–Kier alpha value is -0.0900. The third-order valence-electron chi connectivity index (χ3n) is 0.418. The Morgan fingerprint density at radius 3 is 2.43 bits per heavy atom. The van der Waals surface area contributed by atoms with Gasteiger partial charge in [0, 0.05) is 5.33 Å². The number of carboxylic acid groups (broad SMARTS) is 1. The van der Waals surface area contributed by atoms with Gasteiger partial charge >= 0.3 is 0 Å². The molecule has 42 valence electrons. The van der Waals surface area contributed by atoms with E-state index in [1.165, 1.54) is 0 Å². The summed E-state index contributed by atoms with van der Waals surface area (Å²) in [6, 6.07) is 0. The first kappa shape index (κ1) is 6.91. The number of rotatable bonds is 2. The number of carbonyl (C=O) groups is 1. The minimum atomic E-state index is -1.45. The predicted octanol–water partition coefficient (Wildman–Crippen LogP) is -1.51. The van der Waals surface area contributed by atoms with E-state index in [-0.39, 0.29) is 5.33 Å². The van der Waals surface area contributed by atoms with Gasteiger partial charge in [-0.05, 0) is 0 Å². The Balaban J connectivity index is 3.34. The lowest BCUT2D eigenvalue weighted by molar-refractivity contribution is -0.313. The number of carboxylic acids is 1. The van der Waals surface area contributed by atoms with Gasteiger partial charge in [-0.25, -0.2) is 0 Å². The van der Waals surface area contributed by atoms with Gasteiger partial charge in [-0.1, -0.05) is 15.9 Å². The lowest BCUT2D eigenvalue weighted by atomic mass is 10.4. The van der Waals surface area contributed by atoms with E-state index in [0.29, 0.717) is 0 Å². The molecule has 0 saturated heterocycles. The van der Waals surface area contributed by atoms with Gasteiger partial charge in [-0.15, -0.1) is 0 Å². The maximum Gasteiger partial charge on any atom is 0.103 e. The van der Waals surface area contributed by atoms with Crippen LogP contribution in [0.25, 0.3) is 0 Å². The molecule has 1 unspecified atom stereocenters. The summed E-state index contributed by atoms with van der Waals surface area (Å²) >= 11 is 2.74. The smallest absolute Gasteiger partial charge is 0.103 e. The van der Waals surface area contributed by atoms with E-state index in [4.69, 9.17) is 5.11 Å². The predicted molar refractivity (Wildman–Crippen MR) is 24.8 cm³/mol. The normalized spacial score (nSPS) is 13.4. The van der Waals surface area contributed by atoms with E-state index in [1.807, 2.05) is 0 Å². The Kier molecular flexibility index (Phi) is 2.95. The van der Waals surface area contributed by atoms with Crippen LogP contribution in [0.5, 0.6) is 0 Å². The van der Waals surface area contributed by atoms with Crippen molar-refractivity contribution in [3.63, 3.8) is 0 Å². The molecular formula is C3H4BrO3-. The van der Waals surface area contributed by atoms with Gasteiger partial charge in [0.05, 0.1) is 5.97 Å². The Bertz CT molecular complexity index is 72.6. The number of aliphatic hydroxyl groups excluding tert-OH is 1. The molecule has 0 aromatic carbocycles. The highest BCUT2D eigenvalue weighted by atomic mass is 79.9. The van der Waals surface area contributed by atoms with Gasteiger partial charge in [0.1, 0.15) is 6.10 Å². The molecule has 0 aliphatic carbocycles. The second kappa shape index (κ2) is 2.98. The summed E-state index contributed by atoms with van der Waals surface area (Å²) in [6.07, 6.45) is -1.38. The molecule has 0 rings (SSSR count). The molecule has 1 N–H and O–H groups in total. The van der Waals surface area contributed by atoms with Gasteiger partial charge < -0.3 is 15.0 Å². The summed E-state index contributed by atoms with van der Waals surface area (Å²) < 4.78 is 0. The SMILES string of the molecule is O=C([O-])C(O)CBr. The highest BCUT2D eigenvalue weighted by molar-refractivity contribution is 9.09. The van der Waals surface area contributed by atoms with Crippen molar-refractivity contribution in [2.75, 3.05) is 5.33 Å². The molecule has 0 fully saturated rings. The molecule has 0 aromatic heterocycles. The summed E-state index contributed by atoms with van der Waals surface area (Å²) in [5, 5.41) is 17.8. The second-order valence-electron chi connectivity index (χ2n) is 0.989. The molecule has 0 heterocycles. The molecule has 0 bridgehead atoms. The number of hydrogen-bond acceptors (Lipinski definition) is 3. The molecule has 0 radical (unpaired) electrons. The van der Waals surface area contributed by atoms with E-state index < -0.39 is 12.1 Å². The van der Waals surface area contributed by atoms with E-state index in [2.05, 4.69) is 15.9 Å². The molecule has 7 heavy (non-hydrogen) atoms. The van der Waals surface area contributed by atoms with E-state index in [0.717, 1.165) is 0 Å². The summed E-state index contributed by atoms with van der Waals surface area (Å²) in [6.45, 7) is 0. The standard InChI is InChI=1S/C3H5BrO3/c4-1-2(5)3(6)7/h2,5H,1H2,(H,6,7)/p-1. The summed E-state index contributed by atoms with van der Waals surface area (Å²) in [5.41, 5.74) is 0. The van der Waals surface area contributed by atoms with E-state index >= 15 is 0 Å². The fourth-order valence-corrected chi connectivity index (χ4v) is 0.327. The highest BCUT2D eigenvalue weighted by Crippen LogP contribution is 1.85. The Morgan fingerprint density at radius 2 is 2.43 bits per heavy atom. The Morgan fingerprint density at radius 1 is 2.00 bits per heavy atom. The van der Waals surface area contributed by atoms with Gasteiger partial charge in [-0.3, -0.25) is 0 Å². The molecule has 0 aliphatic heterocycles. The largest absolute Gasteiger partial charge is 0.547 e. The van der Waals surface area contributed by atoms with Crippen LogP contribution < -0.4 is 5.11 Å². The van der Waals surface area contributed by atoms with Crippen LogP contribution in [-0.4, -0.2) is 22.5 Å². The maximum absolute atomic E-state index is 9.54. The topological polar surface area (TPSA) is 60.4 Å². The molecular weight excluding hydrogens is 164 g/mol. The van der Waals surface area contributed by atoms with E-state index in [9.17, 15) is 9.90 Å². The first-order valence-electron chi connectivity index (χ1n) is 1.63. The number of hydrogen-bond donors (Lipinski definition) is 1. The van der Waals surface area contributed by atoms with E-state index in [1.54, 1.807) is 0 Å². The first-order valence-corrected chi connectivity index (χ1v) is 2.75. The monoisotopic (exact) mass is 167 g/mol. The van der Waals surface area contributed by atoms with Crippen LogP contribution in [0.1, 0.15) is 0 Å². The molecule has 3 nitrogen and oxygen atoms in total. The fraction of sp³-hybridized carbons (Fsp3) is 0.667. The van der Waals surface area contributed by atoms with Crippen molar-refractivity contribution >= 4 is 21.9 Å². The van der Waals surface area contributed by atoms with Crippen LogP contribution in [0, 0.1) is 0 Å². The maximum atomic E-state index is 9.54. The summed E-state index contributed by atoms with van der Waals surface area (Å²) in [7, 11) is 0. The highest BCUT2D eigenvalue weighted by Gasteiger charge is 1.98. The fourth-order valence-electron chi connectivity index (χ4n) is 0.0630. The van der Waals surface area contributed by atoms with Crippen LogP contribution in [0.15, 0.2) is 0 Å². The minimum Gasteiger partial charge on any atom is -0.547 e. The molecule has 0 aliphatic rings. The van der Waals surface area contributed by atoms with Gasteiger partial charge in [0.25, 0.3) is 0 Å². The first-order chi connectivity index (χ1) is 3.18. The zero-order valence-electron chi connectivity index (χ0n) is 3.43. The van der Waals surface area contributed by atoms with Crippen LogP contribution in [0.4, 0.5) is 0 Å². The third kappa shape index (κ3) is 2.59. The summed E-state index contributed by atoms with van der Waals surface area (Å²) in [5.74, 6) is -1.45. The lowest BCUT2D eigenvalue weighted by Gasteiger charge is -2.04. The van der Waals surface area contributed by atoms with Crippen molar-refractivity contribution in [1.82, 2.24) is 0 Å². The molecule has 0 aromatic rings. The van der Waals surface area contributed by atoms with Crippen LogP contribution in [0.3, 0.4) is 0 Å². The number of aliphatic carboxylic acids is 1. The second-order valence-corrected chi connectivity index (χ2v) is 1.64. The van der Waals surface area contributed by atoms with Crippen molar-refractivity contribution in [2.24, 2.45) is 0 Å².